The molecule has 0 aromatic carbocycles. The lowest BCUT2D eigenvalue weighted by molar-refractivity contribution is -0.148. The smallest absolute Gasteiger partial charge is 0.320 e. The fraction of sp³-hybridized carbons (Fsp3) is 0.882. The van der Waals surface area contributed by atoms with Crippen LogP contribution in [0.25, 0.3) is 0 Å². The second-order valence-electron chi connectivity index (χ2n) is 27.0. The molecule has 0 aliphatic carbocycles. The van der Waals surface area contributed by atoms with E-state index in [1.165, 1.54) is 19.6 Å². The summed E-state index contributed by atoms with van der Waals surface area (Å²) in [6.45, 7) is -15.3. The maximum atomic E-state index is 13.8. The second-order valence-corrected chi connectivity index (χ2v) is 27.0. The molecule has 1 heterocycles. The zero-order chi connectivity index (χ0) is 83.8. The number of nitrogens with one attached hydrogen (secondary N) is 4. The summed E-state index contributed by atoms with van der Waals surface area (Å²) in [7, 11) is 0. The topological polar surface area (TPSA) is 676 Å². The number of hydrogen-bond acceptors (Lipinski definition) is 36. The number of carboxylic acid groups (broad SMARTS) is 4. The molecule has 0 saturated carbocycles. The van der Waals surface area contributed by atoms with Gasteiger partial charge in [0.1, 0.15) is 73.0 Å². The lowest BCUT2D eigenvalue weighted by atomic mass is 10.1. The van der Waals surface area contributed by atoms with Gasteiger partial charge in [-0.2, -0.15) is 0 Å². The molecule has 4 amide bonds. The Hall–Kier alpha value is -5.36. The summed E-state index contributed by atoms with van der Waals surface area (Å²) >= 11 is 0. The van der Waals surface area contributed by atoms with Gasteiger partial charge in [-0.05, 0) is 25.7 Å². The van der Waals surface area contributed by atoms with Crippen LogP contribution in [0.4, 0.5) is 0 Å². The minimum atomic E-state index is -1.63. The predicted octanol–water partition coefficient (Wildman–Crippen LogP) is -12.0. The van der Waals surface area contributed by atoms with E-state index in [0.717, 1.165) is 0 Å². The van der Waals surface area contributed by atoms with E-state index in [2.05, 4.69) is 21.3 Å². The van der Waals surface area contributed by atoms with Crippen molar-refractivity contribution in [2.45, 2.75) is 124 Å². The predicted molar refractivity (Wildman–Crippen MR) is 386 cm³/mol. The number of carboxylic acids is 4. The molecule has 44 nitrogen and oxygen atoms in total. The van der Waals surface area contributed by atoms with Gasteiger partial charge < -0.3 is 161 Å². The number of amides is 4. The zero-order valence-corrected chi connectivity index (χ0v) is 63.6. The number of hydrogen-bond donors (Lipinski definition) is 24. The van der Waals surface area contributed by atoms with Gasteiger partial charge in [-0.3, -0.25) is 58.0 Å². The van der Waals surface area contributed by atoms with Crippen molar-refractivity contribution in [2.24, 2.45) is 23.7 Å². The molecular formula is C68H128N8O36. The molecule has 4 atom stereocenters. The van der Waals surface area contributed by atoms with Crippen molar-refractivity contribution in [3.63, 3.8) is 0 Å². The zero-order valence-electron chi connectivity index (χ0n) is 63.6. The van der Waals surface area contributed by atoms with Gasteiger partial charge in [0.05, 0.1) is 159 Å². The quantitative estimate of drug-likeness (QED) is 0.0269. The number of rotatable bonds is 68. The monoisotopic (exact) mass is 1630 g/mol. The van der Waals surface area contributed by atoms with E-state index < -0.39 is 354 Å². The molecule has 24 N–H and O–H groups in total. The summed E-state index contributed by atoms with van der Waals surface area (Å²) in [6, 6.07) is -6.54. The van der Waals surface area contributed by atoms with E-state index in [9.17, 15) is 140 Å². The Morgan fingerprint density at radius 1 is 0.232 bits per heavy atom. The Bertz CT molecular complexity index is 2080. The van der Waals surface area contributed by atoms with E-state index in [1.54, 1.807) is 0 Å². The lowest BCUT2D eigenvalue weighted by Gasteiger charge is -2.40. The largest absolute Gasteiger partial charge is 0.480 e. The summed E-state index contributed by atoms with van der Waals surface area (Å²) in [4.78, 5) is 115. The average molecular weight is 1630 g/mol. The van der Waals surface area contributed by atoms with Crippen molar-refractivity contribution in [1.82, 2.24) is 40.9 Å². The first-order valence-electron chi connectivity index (χ1n) is 37.4. The lowest BCUT2D eigenvalue weighted by Crippen LogP contribution is -2.56. The molecule has 112 heavy (non-hydrogen) atoms. The molecule has 0 spiro atoms. The highest BCUT2D eigenvalue weighted by molar-refractivity contribution is 5.80. The van der Waals surface area contributed by atoms with Crippen LogP contribution in [0.1, 0.15) is 51.4 Å². The fourth-order valence-corrected chi connectivity index (χ4v) is 11.2. The maximum Gasteiger partial charge on any atom is 0.320 e. The molecule has 0 aromatic heterocycles. The van der Waals surface area contributed by atoms with Crippen LogP contribution in [-0.4, -0.2) is 479 Å². The molecule has 1 aliphatic heterocycles. The molecule has 4 unspecified atom stereocenters. The first-order valence-corrected chi connectivity index (χ1v) is 37.4. The van der Waals surface area contributed by atoms with Gasteiger partial charge in [0.25, 0.3) is 0 Å². The Kier molecular flexibility index (Phi) is 59.6. The minimum absolute atomic E-state index is 0.220. The maximum absolute atomic E-state index is 13.8. The number of carbonyl (C=O) groups is 8. The summed E-state index contributed by atoms with van der Waals surface area (Å²) in [5.41, 5.74) is 0. The number of aliphatic hydroxyl groups is 16. The van der Waals surface area contributed by atoms with Crippen molar-refractivity contribution in [2.75, 3.05) is 237 Å². The third-order valence-corrected chi connectivity index (χ3v) is 18.3. The van der Waals surface area contributed by atoms with Crippen LogP contribution in [0.2, 0.25) is 0 Å². The van der Waals surface area contributed by atoms with E-state index in [0.29, 0.717) is 0 Å². The van der Waals surface area contributed by atoms with Crippen molar-refractivity contribution in [1.29, 1.82) is 0 Å². The Morgan fingerprint density at radius 3 is 0.464 bits per heavy atom. The van der Waals surface area contributed by atoms with Gasteiger partial charge in [0, 0.05) is 128 Å². The number of carbonyl (C=O) groups excluding carboxylic acids is 4. The summed E-state index contributed by atoms with van der Waals surface area (Å²) in [5, 5.41) is 209. The number of aliphatic carboxylic acids is 4. The van der Waals surface area contributed by atoms with Crippen molar-refractivity contribution < 1.29 is 178 Å². The molecule has 1 saturated heterocycles. The molecule has 0 aromatic rings. The van der Waals surface area contributed by atoms with Crippen LogP contribution >= 0.6 is 0 Å². The third kappa shape index (κ3) is 44.7. The van der Waals surface area contributed by atoms with Crippen LogP contribution in [0, 0.1) is 23.7 Å². The minimum Gasteiger partial charge on any atom is -0.480 e. The van der Waals surface area contributed by atoms with Gasteiger partial charge in [0.2, 0.25) is 23.6 Å². The molecule has 44 heteroatoms. The van der Waals surface area contributed by atoms with E-state index in [1.807, 2.05) is 0 Å². The molecule has 656 valence electrons. The average Bonchev–Trinajstić information content (AvgIpc) is 0.829. The molecule has 1 rings (SSSR count). The Morgan fingerprint density at radius 2 is 0.357 bits per heavy atom. The molecule has 0 radical (unpaired) electrons. The molecule has 0 bridgehead atoms. The molecular weight excluding hydrogens is 1500 g/mol. The van der Waals surface area contributed by atoms with E-state index in [-0.39, 0.29) is 79.0 Å². The second kappa shape index (κ2) is 63.8. The summed E-state index contributed by atoms with van der Waals surface area (Å²) in [6.07, 6.45) is -12.2. The summed E-state index contributed by atoms with van der Waals surface area (Å²) in [5.74, 6) is -11.9. The number of ether oxygens (including phenoxy) is 8. The van der Waals surface area contributed by atoms with Gasteiger partial charge in [-0.15, -0.1) is 0 Å². The Labute approximate surface area is 650 Å². The van der Waals surface area contributed by atoms with Gasteiger partial charge in [-0.1, -0.05) is 0 Å². The van der Waals surface area contributed by atoms with Crippen molar-refractivity contribution in [3.05, 3.63) is 0 Å². The van der Waals surface area contributed by atoms with Gasteiger partial charge in [0.15, 0.2) is 0 Å². The first kappa shape index (κ1) is 105. The van der Waals surface area contributed by atoms with Crippen LogP contribution in [0.3, 0.4) is 0 Å². The van der Waals surface area contributed by atoms with E-state index in [4.69, 9.17) is 37.9 Å². The van der Waals surface area contributed by atoms with Gasteiger partial charge >= 0.3 is 23.9 Å². The van der Waals surface area contributed by atoms with Crippen LogP contribution in [0.15, 0.2) is 0 Å². The first-order chi connectivity index (χ1) is 53.8. The third-order valence-electron chi connectivity index (χ3n) is 18.3. The number of nitrogens with zero attached hydrogens (tertiary/aromatic N) is 4. The SMILES string of the molecule is O=C(CCC(C(=O)O)N1CCN(C(CCC(=O)NCC(COC(CO)CO)COC(CO)CO)C(=O)O)CCN(C(CCC(=O)NCC(COC(CO)CO)COC(CO)CO)C(=O)O)CCN(C(CCC(=O)NCC(COC(CO)CO)COC(CO)CO)C(=O)O)CC1)NCC(COC(CO)CO)COC(CO)CO. The van der Waals surface area contributed by atoms with Crippen LogP contribution < -0.4 is 21.3 Å². The highest BCUT2D eigenvalue weighted by atomic mass is 16.6. The highest BCUT2D eigenvalue weighted by Crippen LogP contribution is 2.20. The molecule has 1 aliphatic rings. The summed E-state index contributed by atoms with van der Waals surface area (Å²) < 4.78 is 44.4. The van der Waals surface area contributed by atoms with Crippen molar-refractivity contribution in [3.8, 4) is 0 Å². The molecule has 1 fully saturated rings. The van der Waals surface area contributed by atoms with Gasteiger partial charge in [-0.25, -0.2) is 0 Å². The fourth-order valence-electron chi connectivity index (χ4n) is 11.2. The highest BCUT2D eigenvalue weighted by Gasteiger charge is 2.37. The van der Waals surface area contributed by atoms with Crippen molar-refractivity contribution >= 4 is 47.5 Å². The van der Waals surface area contributed by atoms with E-state index >= 15 is 0 Å². The Balaban J connectivity index is 4.18. The van der Waals surface area contributed by atoms with Crippen LogP contribution in [0.5, 0.6) is 0 Å². The standard InChI is InChI=1S/C68H128N8O36/c77-21-49(22-78)105-37-45(38-106-50(23-79)24-80)17-69-61(93)5-1-57(65(97)98)73-9-11-74(58(66(99)100)2-6-62(94)70-18-46(39-107-51(25-81)26-82)40-108-52(27-83)28-84)13-15-76(60(68(103)104)4-8-64(96)72-20-48(43-111-55(33-89)34-90)44-112-56(35-91)36-92)16-14-75(12-10-73)59(67(101)102)3-7-63(95)71-19-47(41-109-53(29-85)30-86)42-110-54(31-87)32-88/h45-60,77-92H,1-44H2,(H,69,93)(H,70,94)(H,71,95)(H,72,96)(H,97,98)(H,99,100)(H,101,102)(H,103,104). The van der Waals surface area contributed by atoms with Crippen LogP contribution in [-0.2, 0) is 76.3 Å². The number of aliphatic hydroxyl groups excluding tert-OH is 16. The normalized spacial score (nSPS) is 15.4.